The Hall–Kier alpha value is -1.84. The number of carbonyl (C=O) groups excluding carboxylic acids is 1. The fraction of sp³-hybridized carbons (Fsp3) is 0.429. The molecular weight excluding hydrogens is 232 g/mol. The summed E-state index contributed by atoms with van der Waals surface area (Å²) in [6.07, 6.45) is -0.0835. The van der Waals surface area contributed by atoms with Gasteiger partial charge < -0.3 is 9.84 Å². The molecule has 1 aromatic rings. The van der Waals surface area contributed by atoms with Gasteiger partial charge >= 0.3 is 11.9 Å². The van der Waals surface area contributed by atoms with E-state index in [9.17, 15) is 9.59 Å². The number of esters is 1. The summed E-state index contributed by atoms with van der Waals surface area (Å²) < 4.78 is 5.06. The van der Waals surface area contributed by atoms with E-state index in [1.54, 1.807) is 13.8 Å². The van der Waals surface area contributed by atoms with Gasteiger partial charge in [0.05, 0.1) is 12.3 Å². The number of carboxylic acids is 1. The summed E-state index contributed by atoms with van der Waals surface area (Å²) in [5.41, 5.74) is 0.891. The zero-order chi connectivity index (χ0) is 13.5. The van der Waals surface area contributed by atoms with E-state index in [1.807, 2.05) is 30.3 Å². The van der Waals surface area contributed by atoms with Gasteiger partial charge in [0, 0.05) is 0 Å². The molecule has 1 aromatic carbocycles. The molecule has 0 spiro atoms. The molecule has 0 amide bonds. The molecule has 0 saturated heterocycles. The van der Waals surface area contributed by atoms with Gasteiger partial charge in [0.2, 0.25) is 0 Å². The van der Waals surface area contributed by atoms with Crippen molar-refractivity contribution in [2.24, 2.45) is 11.8 Å². The zero-order valence-corrected chi connectivity index (χ0v) is 10.6. The molecule has 1 N–H and O–H groups in total. The van der Waals surface area contributed by atoms with Gasteiger partial charge in [-0.3, -0.25) is 9.59 Å². The van der Waals surface area contributed by atoms with Crippen molar-refractivity contribution >= 4 is 11.9 Å². The van der Waals surface area contributed by atoms with Gasteiger partial charge in [-0.1, -0.05) is 44.2 Å². The van der Waals surface area contributed by atoms with Crippen LogP contribution in [-0.4, -0.2) is 17.0 Å². The second-order valence-electron chi connectivity index (χ2n) is 4.54. The van der Waals surface area contributed by atoms with Crippen LogP contribution in [0.25, 0.3) is 0 Å². The maximum Gasteiger partial charge on any atom is 0.307 e. The first-order valence-electron chi connectivity index (χ1n) is 5.93. The van der Waals surface area contributed by atoms with E-state index in [0.717, 1.165) is 5.56 Å². The minimum Gasteiger partial charge on any atom is -0.481 e. The van der Waals surface area contributed by atoms with Crippen molar-refractivity contribution in [1.82, 2.24) is 0 Å². The smallest absolute Gasteiger partial charge is 0.307 e. The molecule has 0 aliphatic rings. The van der Waals surface area contributed by atoms with Crippen LogP contribution in [0.15, 0.2) is 30.3 Å². The number of benzene rings is 1. The SMILES string of the molecule is CC(C)C(CC(=O)OCc1ccccc1)C(=O)O. The topological polar surface area (TPSA) is 63.6 Å². The van der Waals surface area contributed by atoms with Crippen LogP contribution < -0.4 is 0 Å². The molecule has 18 heavy (non-hydrogen) atoms. The van der Waals surface area contributed by atoms with Gasteiger partial charge in [-0.05, 0) is 11.5 Å². The highest BCUT2D eigenvalue weighted by Gasteiger charge is 2.25. The molecule has 1 rings (SSSR count). The van der Waals surface area contributed by atoms with E-state index in [1.165, 1.54) is 0 Å². The number of hydrogen-bond acceptors (Lipinski definition) is 3. The monoisotopic (exact) mass is 250 g/mol. The molecule has 0 saturated carbocycles. The summed E-state index contributed by atoms with van der Waals surface area (Å²) in [7, 11) is 0. The third kappa shape index (κ3) is 4.57. The van der Waals surface area contributed by atoms with Crippen molar-refractivity contribution < 1.29 is 19.4 Å². The van der Waals surface area contributed by atoms with Crippen molar-refractivity contribution in [3.8, 4) is 0 Å². The second-order valence-corrected chi connectivity index (χ2v) is 4.54. The van der Waals surface area contributed by atoms with Crippen LogP contribution in [0.5, 0.6) is 0 Å². The van der Waals surface area contributed by atoms with Crippen molar-refractivity contribution in [2.45, 2.75) is 26.9 Å². The lowest BCUT2D eigenvalue weighted by Gasteiger charge is -2.15. The molecule has 98 valence electrons. The van der Waals surface area contributed by atoms with E-state index in [0.29, 0.717) is 0 Å². The average Bonchev–Trinajstić information content (AvgIpc) is 2.34. The molecule has 0 aliphatic heterocycles. The fourth-order valence-corrected chi connectivity index (χ4v) is 1.58. The van der Waals surface area contributed by atoms with Gasteiger partial charge in [-0.25, -0.2) is 0 Å². The van der Waals surface area contributed by atoms with Crippen LogP contribution in [0.1, 0.15) is 25.8 Å². The van der Waals surface area contributed by atoms with Crippen LogP contribution in [0.4, 0.5) is 0 Å². The van der Waals surface area contributed by atoms with Crippen LogP contribution >= 0.6 is 0 Å². The van der Waals surface area contributed by atoms with Crippen molar-refractivity contribution in [1.29, 1.82) is 0 Å². The minimum atomic E-state index is -0.957. The van der Waals surface area contributed by atoms with Gasteiger partial charge in [0.1, 0.15) is 6.61 Å². The van der Waals surface area contributed by atoms with Gasteiger partial charge in [0.15, 0.2) is 0 Å². The highest BCUT2D eigenvalue weighted by molar-refractivity contribution is 5.78. The summed E-state index contributed by atoms with van der Waals surface area (Å²) in [4.78, 5) is 22.5. The largest absolute Gasteiger partial charge is 0.481 e. The molecule has 1 atom stereocenters. The van der Waals surface area contributed by atoms with Crippen LogP contribution in [0.3, 0.4) is 0 Å². The molecule has 4 heteroatoms. The van der Waals surface area contributed by atoms with Crippen molar-refractivity contribution in [3.05, 3.63) is 35.9 Å². The van der Waals surface area contributed by atoms with Gasteiger partial charge in [0.25, 0.3) is 0 Å². The summed E-state index contributed by atoms with van der Waals surface area (Å²) >= 11 is 0. The second kappa shape index (κ2) is 6.79. The summed E-state index contributed by atoms with van der Waals surface area (Å²) in [5.74, 6) is -2.21. The number of hydrogen-bond donors (Lipinski definition) is 1. The highest BCUT2D eigenvalue weighted by atomic mass is 16.5. The van der Waals surface area contributed by atoms with Crippen LogP contribution in [-0.2, 0) is 20.9 Å². The number of ether oxygens (including phenoxy) is 1. The Bertz CT molecular complexity index is 398. The third-order valence-electron chi connectivity index (χ3n) is 2.75. The quantitative estimate of drug-likeness (QED) is 0.788. The standard InChI is InChI=1S/C14H18O4/c1-10(2)12(14(16)17)8-13(15)18-9-11-6-4-3-5-7-11/h3-7,10,12H,8-9H2,1-2H3,(H,16,17). The summed E-state index contributed by atoms with van der Waals surface area (Å²) in [6.45, 7) is 3.75. The lowest BCUT2D eigenvalue weighted by molar-refractivity contribution is -0.153. The molecule has 0 aliphatic carbocycles. The number of carboxylic acid groups (broad SMARTS) is 1. The van der Waals surface area contributed by atoms with Crippen LogP contribution in [0.2, 0.25) is 0 Å². The van der Waals surface area contributed by atoms with E-state index >= 15 is 0 Å². The normalized spacial score (nSPS) is 12.2. The Morgan fingerprint density at radius 2 is 1.83 bits per heavy atom. The first-order chi connectivity index (χ1) is 8.50. The highest BCUT2D eigenvalue weighted by Crippen LogP contribution is 2.16. The predicted molar refractivity (Wildman–Crippen MR) is 66.8 cm³/mol. The maximum atomic E-state index is 11.6. The first-order valence-corrected chi connectivity index (χ1v) is 5.93. The van der Waals surface area contributed by atoms with E-state index in [2.05, 4.69) is 0 Å². The van der Waals surface area contributed by atoms with Crippen molar-refractivity contribution in [2.75, 3.05) is 0 Å². The van der Waals surface area contributed by atoms with E-state index < -0.39 is 17.9 Å². The Labute approximate surface area is 107 Å². The van der Waals surface area contributed by atoms with Crippen LogP contribution in [0, 0.1) is 11.8 Å². The van der Waals surface area contributed by atoms with E-state index in [4.69, 9.17) is 9.84 Å². The molecule has 0 bridgehead atoms. The summed E-state index contributed by atoms with van der Waals surface area (Å²) in [6, 6.07) is 9.30. The summed E-state index contributed by atoms with van der Waals surface area (Å²) in [5, 5.41) is 8.97. The lowest BCUT2D eigenvalue weighted by Crippen LogP contribution is -2.24. The average molecular weight is 250 g/mol. The Kier molecular flexibility index (Phi) is 5.36. The number of carbonyl (C=O) groups is 2. The third-order valence-corrected chi connectivity index (χ3v) is 2.75. The Morgan fingerprint density at radius 3 is 2.33 bits per heavy atom. The minimum absolute atomic E-state index is 0.0835. The Morgan fingerprint density at radius 1 is 1.22 bits per heavy atom. The number of aliphatic carboxylic acids is 1. The lowest BCUT2D eigenvalue weighted by atomic mass is 9.93. The maximum absolute atomic E-state index is 11.6. The van der Waals surface area contributed by atoms with Gasteiger partial charge in [-0.15, -0.1) is 0 Å². The van der Waals surface area contributed by atoms with E-state index in [-0.39, 0.29) is 18.9 Å². The molecule has 1 unspecified atom stereocenters. The molecule has 0 heterocycles. The first kappa shape index (κ1) is 14.2. The molecule has 0 radical (unpaired) electrons. The predicted octanol–water partition coefficient (Wildman–Crippen LogP) is 2.48. The molecule has 4 nitrogen and oxygen atoms in total. The Balaban J connectivity index is 2.44. The zero-order valence-electron chi connectivity index (χ0n) is 10.6. The molecular formula is C14H18O4. The van der Waals surface area contributed by atoms with Crippen molar-refractivity contribution in [3.63, 3.8) is 0 Å². The number of rotatable bonds is 6. The fourth-order valence-electron chi connectivity index (χ4n) is 1.58. The molecule has 0 fully saturated rings. The molecule has 0 aromatic heterocycles. The van der Waals surface area contributed by atoms with Gasteiger partial charge in [-0.2, -0.15) is 0 Å².